The summed E-state index contributed by atoms with van der Waals surface area (Å²) in [5.74, 6) is -1.38. The van der Waals surface area contributed by atoms with Gasteiger partial charge in [-0.25, -0.2) is 23.1 Å². The monoisotopic (exact) mass is 820 g/mol. The van der Waals surface area contributed by atoms with Crippen molar-refractivity contribution in [2.45, 2.75) is 63.1 Å². The Kier molecular flexibility index (Phi) is 14.3. The lowest BCUT2D eigenvalue weighted by Crippen LogP contribution is -2.54. The quantitative estimate of drug-likeness (QED) is 0.0883. The smallest absolute Gasteiger partial charge is 0.262 e. The number of rotatable bonds is 21. The Labute approximate surface area is 336 Å². The lowest BCUT2D eigenvalue weighted by Gasteiger charge is -2.39. The molecule has 1 atom stereocenters. The van der Waals surface area contributed by atoms with Crippen molar-refractivity contribution in [3.8, 4) is 11.8 Å². The molecular formula is C39H48N8O10S. The number of benzene rings is 2. The molecule has 0 radical (unpaired) electrons. The number of ether oxygens (including phenoxy) is 4. The van der Waals surface area contributed by atoms with Crippen LogP contribution in [-0.4, -0.2) is 130 Å². The van der Waals surface area contributed by atoms with Crippen molar-refractivity contribution in [1.29, 1.82) is 5.26 Å². The van der Waals surface area contributed by atoms with E-state index >= 15 is 0 Å². The van der Waals surface area contributed by atoms with Crippen LogP contribution in [0.2, 0.25) is 0 Å². The van der Waals surface area contributed by atoms with Gasteiger partial charge in [-0.3, -0.25) is 29.4 Å². The summed E-state index contributed by atoms with van der Waals surface area (Å²) in [7, 11) is -3.50. The molecule has 19 heteroatoms. The number of hydrogen-bond donors (Lipinski definition) is 4. The fourth-order valence-corrected chi connectivity index (χ4v) is 8.01. The van der Waals surface area contributed by atoms with Crippen LogP contribution < -0.4 is 25.4 Å². The van der Waals surface area contributed by atoms with Crippen molar-refractivity contribution in [2.24, 2.45) is 0 Å². The van der Waals surface area contributed by atoms with E-state index in [1.165, 1.54) is 18.5 Å². The minimum absolute atomic E-state index is 0.0328. The third kappa shape index (κ3) is 11.1. The number of imide groups is 2. The Morgan fingerprint density at radius 2 is 1.59 bits per heavy atom. The largest absolute Gasteiger partial charge is 0.491 e. The number of hydrogen-bond acceptors (Lipinski definition) is 15. The molecule has 6 rings (SSSR count). The van der Waals surface area contributed by atoms with Crippen LogP contribution in [0.4, 0.5) is 5.82 Å². The van der Waals surface area contributed by atoms with Crippen molar-refractivity contribution in [3.05, 3.63) is 59.4 Å². The highest BCUT2D eigenvalue weighted by Gasteiger charge is 2.44. The van der Waals surface area contributed by atoms with Gasteiger partial charge in [0.2, 0.25) is 21.8 Å². The van der Waals surface area contributed by atoms with E-state index in [2.05, 4.69) is 43.6 Å². The maximum Gasteiger partial charge on any atom is 0.262 e. The van der Waals surface area contributed by atoms with E-state index in [1.807, 2.05) is 6.07 Å². The summed E-state index contributed by atoms with van der Waals surface area (Å²) in [6, 6.07) is 11.3. The Bertz CT molecular complexity index is 2140. The fourth-order valence-electron chi connectivity index (χ4n) is 7.12. The number of aromatic nitrogens is 2. The molecule has 1 aromatic heterocycles. The SMILES string of the molecule is CC1(Nc2ncnc3ccc(C#N)cc23)CCC(NCCNS(=O)(=O)CCOCCOCCOCCOc2ccc3c(c2)C(=O)N(C2CCC(=O)NC2=O)C3=O)CC1. The molecule has 0 bridgehead atoms. The van der Waals surface area contributed by atoms with Crippen molar-refractivity contribution >= 4 is 50.4 Å². The lowest BCUT2D eigenvalue weighted by molar-refractivity contribution is -0.136. The van der Waals surface area contributed by atoms with Crippen LogP contribution in [0.3, 0.4) is 0 Å². The molecular weight excluding hydrogens is 773 g/mol. The molecule has 2 aromatic carbocycles. The number of sulfonamides is 1. The molecule has 18 nitrogen and oxygen atoms in total. The molecule has 2 aliphatic heterocycles. The number of carbonyl (C=O) groups is 4. The molecule has 58 heavy (non-hydrogen) atoms. The molecule has 4 amide bonds. The molecule has 4 N–H and O–H groups in total. The summed E-state index contributed by atoms with van der Waals surface area (Å²) in [6.45, 7) is 4.47. The van der Waals surface area contributed by atoms with Crippen LogP contribution >= 0.6 is 0 Å². The summed E-state index contributed by atoms with van der Waals surface area (Å²) < 4.78 is 49.6. The Balaban J connectivity index is 0.760. The number of piperidine rings is 1. The summed E-state index contributed by atoms with van der Waals surface area (Å²) in [5.41, 5.74) is 1.46. The molecule has 1 aliphatic carbocycles. The first-order valence-corrected chi connectivity index (χ1v) is 21.0. The van der Waals surface area contributed by atoms with E-state index in [0.717, 1.165) is 41.5 Å². The molecule has 1 saturated carbocycles. The normalized spacial score (nSPS) is 20.9. The van der Waals surface area contributed by atoms with Gasteiger partial charge in [-0.2, -0.15) is 5.26 Å². The number of nitriles is 1. The predicted molar refractivity (Wildman–Crippen MR) is 209 cm³/mol. The minimum atomic E-state index is -3.50. The van der Waals surface area contributed by atoms with E-state index in [-0.39, 0.29) is 87.5 Å². The van der Waals surface area contributed by atoms with E-state index in [1.54, 1.807) is 18.2 Å². The summed E-state index contributed by atoms with van der Waals surface area (Å²) in [4.78, 5) is 59.2. The van der Waals surface area contributed by atoms with Gasteiger partial charge < -0.3 is 29.6 Å². The molecule has 3 heterocycles. The van der Waals surface area contributed by atoms with Crippen LogP contribution in [0.15, 0.2) is 42.7 Å². The van der Waals surface area contributed by atoms with E-state index < -0.39 is 39.7 Å². The Hall–Kier alpha value is -5.10. The van der Waals surface area contributed by atoms with E-state index in [9.17, 15) is 32.9 Å². The second-order valence-corrected chi connectivity index (χ2v) is 16.5. The van der Waals surface area contributed by atoms with Gasteiger partial charge in [0.05, 0.1) is 73.7 Å². The highest BCUT2D eigenvalue weighted by molar-refractivity contribution is 7.89. The third-order valence-corrected chi connectivity index (χ3v) is 11.6. The Morgan fingerprint density at radius 3 is 2.31 bits per heavy atom. The average Bonchev–Trinajstić information content (AvgIpc) is 3.45. The first-order chi connectivity index (χ1) is 27.9. The molecule has 3 aliphatic rings. The summed E-state index contributed by atoms with van der Waals surface area (Å²) in [6.07, 6.45) is 5.28. The minimum Gasteiger partial charge on any atom is -0.491 e. The van der Waals surface area contributed by atoms with Gasteiger partial charge >= 0.3 is 0 Å². The average molecular weight is 821 g/mol. The highest BCUT2D eigenvalue weighted by atomic mass is 32.2. The zero-order chi connectivity index (χ0) is 41.1. The van der Waals surface area contributed by atoms with Crippen molar-refractivity contribution in [3.63, 3.8) is 0 Å². The number of carbonyl (C=O) groups excluding carboxylic acids is 4. The van der Waals surface area contributed by atoms with Crippen LogP contribution in [0, 0.1) is 11.3 Å². The van der Waals surface area contributed by atoms with Crippen molar-refractivity contribution in [1.82, 2.24) is 30.2 Å². The topological polar surface area (TPSA) is 240 Å². The molecule has 1 unspecified atom stereocenters. The predicted octanol–water partition coefficient (Wildman–Crippen LogP) is 1.65. The standard InChI is InChI=1S/C39H48N8O10S/c1-39(46-35-31-22-26(24-40)2-5-32(31)42-25-43-35)10-8-27(9-11-39)41-12-13-44-58(52,53)21-20-56-17-16-54-14-15-55-18-19-57-28-3-4-29-30(23-28)38(51)47(37(29)50)33-6-7-34(48)45-36(33)49/h2-5,22-23,25,27,33,41,44H,6-21H2,1H3,(H,42,43,46)(H,45,48,49). The van der Waals surface area contributed by atoms with Gasteiger partial charge in [-0.1, -0.05) is 0 Å². The second-order valence-electron chi connectivity index (χ2n) is 14.5. The van der Waals surface area contributed by atoms with Gasteiger partial charge in [0.1, 0.15) is 30.5 Å². The van der Waals surface area contributed by atoms with Crippen LogP contribution in [0.25, 0.3) is 10.9 Å². The third-order valence-electron chi connectivity index (χ3n) is 10.3. The van der Waals surface area contributed by atoms with Crippen molar-refractivity contribution in [2.75, 3.05) is 70.4 Å². The molecule has 0 spiro atoms. The molecule has 3 aromatic rings. The number of amides is 4. The van der Waals surface area contributed by atoms with E-state index in [0.29, 0.717) is 30.3 Å². The summed E-state index contributed by atoms with van der Waals surface area (Å²) >= 11 is 0. The second kappa shape index (κ2) is 19.6. The van der Waals surface area contributed by atoms with Crippen LogP contribution in [0.1, 0.15) is 71.7 Å². The fraction of sp³-hybridized carbons (Fsp3) is 0.513. The zero-order valence-corrected chi connectivity index (χ0v) is 33.1. The first kappa shape index (κ1) is 42.5. The van der Waals surface area contributed by atoms with Gasteiger partial charge in [0.15, 0.2) is 0 Å². The Morgan fingerprint density at radius 1 is 0.879 bits per heavy atom. The summed E-state index contributed by atoms with van der Waals surface area (Å²) in [5, 5.41) is 19.3. The lowest BCUT2D eigenvalue weighted by atomic mass is 9.80. The van der Waals surface area contributed by atoms with Gasteiger partial charge in [0, 0.05) is 36.5 Å². The molecule has 2 fully saturated rings. The molecule has 1 saturated heterocycles. The number of nitrogens with one attached hydrogen (secondary N) is 4. The maximum absolute atomic E-state index is 13.0. The van der Waals surface area contributed by atoms with Gasteiger partial charge in [0.25, 0.3) is 11.8 Å². The molecule has 310 valence electrons. The first-order valence-electron chi connectivity index (χ1n) is 19.3. The van der Waals surface area contributed by atoms with E-state index in [4.69, 9.17) is 18.9 Å². The maximum atomic E-state index is 13.0. The highest BCUT2D eigenvalue weighted by Crippen LogP contribution is 2.33. The number of fused-ring (bicyclic) bond motifs is 2. The zero-order valence-electron chi connectivity index (χ0n) is 32.3. The van der Waals surface area contributed by atoms with Crippen LogP contribution in [-0.2, 0) is 33.8 Å². The van der Waals surface area contributed by atoms with Gasteiger partial charge in [-0.15, -0.1) is 0 Å². The number of anilines is 1. The van der Waals surface area contributed by atoms with Crippen molar-refractivity contribution < 1.29 is 46.5 Å². The number of nitrogens with zero attached hydrogens (tertiary/aromatic N) is 4. The van der Waals surface area contributed by atoms with Crippen LogP contribution in [0.5, 0.6) is 5.75 Å². The van der Waals surface area contributed by atoms with Gasteiger partial charge in [-0.05, 0) is 75.4 Å².